The maximum atomic E-state index is 13.3. The molecule has 3 heteroatoms. The van der Waals surface area contributed by atoms with Crippen molar-refractivity contribution >= 4 is 5.78 Å². The third-order valence-corrected chi connectivity index (χ3v) is 2.52. The fourth-order valence-electron chi connectivity index (χ4n) is 1.75. The molecule has 1 aromatic carbocycles. The van der Waals surface area contributed by atoms with Gasteiger partial charge in [0.2, 0.25) is 0 Å². The summed E-state index contributed by atoms with van der Waals surface area (Å²) in [5, 5.41) is 0. The van der Waals surface area contributed by atoms with E-state index < -0.39 is 23.0 Å². The average Bonchev–Trinajstić information content (AvgIpc) is 2.69. The van der Waals surface area contributed by atoms with Crippen molar-refractivity contribution in [2.24, 2.45) is 0 Å². The van der Waals surface area contributed by atoms with Gasteiger partial charge in [-0.25, -0.2) is 8.78 Å². The van der Waals surface area contributed by atoms with Gasteiger partial charge in [0, 0.05) is 0 Å². The molecule has 0 N–H and O–H groups in total. The van der Waals surface area contributed by atoms with E-state index in [4.69, 9.17) is 0 Å². The zero-order valence-corrected chi connectivity index (χ0v) is 8.09. The average molecular weight is 208 g/mol. The van der Waals surface area contributed by atoms with E-state index >= 15 is 0 Å². The Morgan fingerprint density at radius 2 is 1.87 bits per heavy atom. The maximum absolute atomic E-state index is 13.3. The highest BCUT2D eigenvalue weighted by Gasteiger charge is 2.21. The second kappa shape index (κ2) is 3.93. The fraction of sp³-hybridized carbons (Fsp3) is 0.250. The highest BCUT2D eigenvalue weighted by molar-refractivity contribution is 6.09. The van der Waals surface area contributed by atoms with Gasteiger partial charge in [-0.1, -0.05) is 12.1 Å². The van der Waals surface area contributed by atoms with Crippen LogP contribution in [-0.4, -0.2) is 5.78 Å². The summed E-state index contributed by atoms with van der Waals surface area (Å²) in [5.41, 5.74) is 0.102. The van der Waals surface area contributed by atoms with Crippen molar-refractivity contribution in [1.29, 1.82) is 0 Å². The monoisotopic (exact) mass is 208 g/mol. The van der Waals surface area contributed by atoms with Gasteiger partial charge in [0.15, 0.2) is 5.78 Å². The maximum Gasteiger partial charge on any atom is 0.194 e. The summed E-state index contributed by atoms with van der Waals surface area (Å²) in [7, 11) is 0. The molecule has 1 aliphatic rings. The summed E-state index contributed by atoms with van der Waals surface area (Å²) >= 11 is 0. The van der Waals surface area contributed by atoms with Gasteiger partial charge in [0.05, 0.1) is 5.56 Å². The number of hydrogen-bond donors (Lipinski definition) is 0. The molecule has 0 heterocycles. The first-order valence-electron chi connectivity index (χ1n) is 4.88. The number of ketones is 1. The number of carbonyl (C=O) groups is 1. The van der Waals surface area contributed by atoms with Crippen LogP contribution in [0.5, 0.6) is 0 Å². The van der Waals surface area contributed by atoms with Crippen LogP contribution in [-0.2, 0) is 0 Å². The Hall–Kier alpha value is -1.51. The van der Waals surface area contributed by atoms with Crippen LogP contribution in [0.25, 0.3) is 0 Å². The van der Waals surface area contributed by atoms with Crippen molar-refractivity contribution in [1.82, 2.24) is 0 Å². The SMILES string of the molecule is O=C(C1=CCCC1)c1c(F)cccc1F. The van der Waals surface area contributed by atoms with Crippen LogP contribution in [0.2, 0.25) is 0 Å². The van der Waals surface area contributed by atoms with Crippen LogP contribution in [0.3, 0.4) is 0 Å². The summed E-state index contributed by atoms with van der Waals surface area (Å²) < 4.78 is 26.5. The molecule has 0 spiro atoms. The van der Waals surface area contributed by atoms with Gasteiger partial charge in [0.25, 0.3) is 0 Å². The molecule has 2 rings (SSSR count). The van der Waals surface area contributed by atoms with Crippen molar-refractivity contribution in [2.45, 2.75) is 19.3 Å². The first kappa shape index (κ1) is 10.0. The summed E-state index contributed by atoms with van der Waals surface area (Å²) in [6.45, 7) is 0. The van der Waals surface area contributed by atoms with Gasteiger partial charge in [-0.2, -0.15) is 0 Å². The highest BCUT2D eigenvalue weighted by Crippen LogP contribution is 2.24. The van der Waals surface area contributed by atoms with Gasteiger partial charge >= 0.3 is 0 Å². The Kier molecular flexibility index (Phi) is 2.62. The molecule has 0 atom stereocenters. The van der Waals surface area contributed by atoms with Crippen molar-refractivity contribution in [3.63, 3.8) is 0 Å². The van der Waals surface area contributed by atoms with E-state index in [2.05, 4.69) is 0 Å². The molecule has 0 saturated heterocycles. The minimum Gasteiger partial charge on any atom is -0.289 e. The van der Waals surface area contributed by atoms with Crippen LogP contribution < -0.4 is 0 Å². The standard InChI is InChI=1S/C12H10F2O/c13-9-6-3-7-10(14)11(9)12(15)8-4-1-2-5-8/h3-4,6-7H,1-2,5H2. The molecule has 0 unspecified atom stereocenters. The first-order chi connectivity index (χ1) is 7.20. The molecule has 1 aromatic rings. The molecule has 1 nitrogen and oxygen atoms in total. The van der Waals surface area contributed by atoms with Crippen LogP contribution >= 0.6 is 0 Å². The fourth-order valence-corrected chi connectivity index (χ4v) is 1.75. The number of hydrogen-bond acceptors (Lipinski definition) is 1. The number of Topliss-reactive ketones (excluding diaryl/α,β-unsaturated/α-hetero) is 1. The van der Waals surface area contributed by atoms with Crippen LogP contribution in [0.4, 0.5) is 8.78 Å². The lowest BCUT2D eigenvalue weighted by Crippen LogP contribution is -2.07. The molecular formula is C12H10F2O. The normalized spacial score (nSPS) is 15.2. The number of halogens is 2. The molecule has 0 aromatic heterocycles. The van der Waals surface area contributed by atoms with Crippen molar-refractivity contribution in [3.05, 3.63) is 47.0 Å². The quantitative estimate of drug-likeness (QED) is 0.682. The lowest BCUT2D eigenvalue weighted by Gasteiger charge is -2.04. The largest absolute Gasteiger partial charge is 0.289 e. The number of allylic oxidation sites excluding steroid dienone is 2. The second-order valence-corrected chi connectivity index (χ2v) is 3.55. The molecule has 78 valence electrons. The number of carbonyl (C=O) groups excluding carboxylic acids is 1. The van der Waals surface area contributed by atoms with Crippen LogP contribution in [0.1, 0.15) is 29.6 Å². The summed E-state index contributed by atoms with van der Waals surface area (Å²) in [6, 6.07) is 3.46. The smallest absolute Gasteiger partial charge is 0.194 e. The topological polar surface area (TPSA) is 17.1 Å². The predicted octanol–water partition coefficient (Wildman–Crippen LogP) is 3.26. The van der Waals surface area contributed by atoms with E-state index in [1.54, 1.807) is 6.08 Å². The summed E-state index contributed by atoms with van der Waals surface area (Å²) in [4.78, 5) is 11.7. The van der Waals surface area contributed by atoms with E-state index in [9.17, 15) is 13.6 Å². The lowest BCUT2D eigenvalue weighted by molar-refractivity contribution is 0.102. The molecular weight excluding hydrogens is 198 g/mol. The van der Waals surface area contributed by atoms with E-state index in [0.717, 1.165) is 25.0 Å². The minimum atomic E-state index is -0.784. The summed E-state index contributed by atoms with van der Waals surface area (Å²) in [6.07, 6.45) is 4.08. The molecule has 0 radical (unpaired) electrons. The molecule has 1 aliphatic carbocycles. The Bertz CT molecular complexity index is 415. The molecule has 0 fully saturated rings. The van der Waals surface area contributed by atoms with Gasteiger partial charge in [-0.05, 0) is 37.0 Å². The van der Waals surface area contributed by atoms with E-state index in [-0.39, 0.29) is 0 Å². The Labute approximate surface area is 86.4 Å². The summed E-state index contributed by atoms with van der Waals surface area (Å²) in [5.74, 6) is -2.08. The van der Waals surface area contributed by atoms with Crippen molar-refractivity contribution in [3.8, 4) is 0 Å². The number of benzene rings is 1. The van der Waals surface area contributed by atoms with E-state index in [1.165, 1.54) is 6.07 Å². The molecule has 15 heavy (non-hydrogen) atoms. The molecule has 0 aliphatic heterocycles. The van der Waals surface area contributed by atoms with Gasteiger partial charge in [0.1, 0.15) is 11.6 Å². The third-order valence-electron chi connectivity index (χ3n) is 2.52. The van der Waals surface area contributed by atoms with Crippen molar-refractivity contribution < 1.29 is 13.6 Å². The van der Waals surface area contributed by atoms with Gasteiger partial charge in [-0.15, -0.1) is 0 Å². The Morgan fingerprint density at radius 1 is 1.20 bits per heavy atom. The van der Waals surface area contributed by atoms with E-state index in [0.29, 0.717) is 12.0 Å². The highest BCUT2D eigenvalue weighted by atomic mass is 19.1. The second-order valence-electron chi connectivity index (χ2n) is 3.55. The lowest BCUT2D eigenvalue weighted by atomic mass is 10.0. The van der Waals surface area contributed by atoms with Crippen LogP contribution in [0, 0.1) is 11.6 Å². The van der Waals surface area contributed by atoms with E-state index in [1.807, 2.05) is 0 Å². The molecule has 0 saturated carbocycles. The Morgan fingerprint density at radius 3 is 2.40 bits per heavy atom. The first-order valence-corrected chi connectivity index (χ1v) is 4.88. The zero-order chi connectivity index (χ0) is 10.8. The van der Waals surface area contributed by atoms with Gasteiger partial charge < -0.3 is 0 Å². The van der Waals surface area contributed by atoms with Crippen LogP contribution in [0.15, 0.2) is 29.8 Å². The third kappa shape index (κ3) is 1.82. The molecule has 0 amide bonds. The number of rotatable bonds is 2. The Balaban J connectivity index is 2.41. The predicted molar refractivity (Wildman–Crippen MR) is 52.6 cm³/mol. The zero-order valence-electron chi connectivity index (χ0n) is 8.09. The van der Waals surface area contributed by atoms with Gasteiger partial charge in [-0.3, -0.25) is 4.79 Å². The molecule has 0 bridgehead atoms. The minimum absolute atomic E-state index is 0.425. The van der Waals surface area contributed by atoms with Crippen molar-refractivity contribution in [2.75, 3.05) is 0 Å².